The summed E-state index contributed by atoms with van der Waals surface area (Å²) >= 11 is 6.20. The summed E-state index contributed by atoms with van der Waals surface area (Å²) in [6.45, 7) is 9.21. The van der Waals surface area contributed by atoms with Gasteiger partial charge in [0.2, 0.25) is 5.91 Å². The lowest BCUT2D eigenvalue weighted by molar-refractivity contribution is -0.119. The van der Waals surface area contributed by atoms with Gasteiger partial charge in [0, 0.05) is 61.6 Å². The first-order chi connectivity index (χ1) is 20.0. The molecular weight excluding hydrogens is 534 g/mol. The van der Waals surface area contributed by atoms with Crippen molar-refractivity contribution < 1.29 is 9.53 Å². The van der Waals surface area contributed by atoms with Crippen molar-refractivity contribution in [2.75, 3.05) is 44.2 Å². The summed E-state index contributed by atoms with van der Waals surface area (Å²) in [4.78, 5) is 16.2. The Balaban J connectivity index is 1.03. The van der Waals surface area contributed by atoms with E-state index in [-0.39, 0.29) is 11.9 Å². The Morgan fingerprint density at radius 1 is 0.976 bits per heavy atom. The molecule has 2 heterocycles. The number of benzene rings is 3. The van der Waals surface area contributed by atoms with Crippen molar-refractivity contribution in [1.82, 2.24) is 14.8 Å². The second kappa shape index (κ2) is 13.9. The Morgan fingerprint density at radius 3 is 2.51 bits per heavy atom. The number of carbonyl (C=O) groups excluding carboxylic acids is 1. The van der Waals surface area contributed by atoms with E-state index >= 15 is 0 Å². The summed E-state index contributed by atoms with van der Waals surface area (Å²) in [5.74, 6) is 0.530. The van der Waals surface area contributed by atoms with E-state index in [0.29, 0.717) is 13.2 Å². The number of rotatable bonds is 13. The van der Waals surface area contributed by atoms with Crippen LogP contribution in [-0.4, -0.2) is 60.7 Å². The molecule has 8 heteroatoms. The molecule has 1 saturated heterocycles. The van der Waals surface area contributed by atoms with Crippen LogP contribution in [0.2, 0.25) is 5.02 Å². The van der Waals surface area contributed by atoms with Crippen LogP contribution < -0.4 is 20.7 Å². The molecule has 0 bridgehead atoms. The third-order valence-corrected chi connectivity index (χ3v) is 8.08. The number of unbranched alkanes of at least 4 members (excludes halogenated alkanes) is 1. The first kappa shape index (κ1) is 29.0. The van der Waals surface area contributed by atoms with E-state index in [0.717, 1.165) is 68.4 Å². The number of piperazine rings is 1. The number of nitrogens with zero attached hydrogens (tertiary/aromatic N) is 3. The highest BCUT2D eigenvalue weighted by Crippen LogP contribution is 2.29. The van der Waals surface area contributed by atoms with Gasteiger partial charge in [-0.25, -0.2) is 0 Å². The van der Waals surface area contributed by atoms with Gasteiger partial charge >= 0.3 is 0 Å². The minimum Gasteiger partial charge on any atom is -0.494 e. The van der Waals surface area contributed by atoms with Crippen LogP contribution in [0.25, 0.3) is 10.9 Å². The average molecular weight is 574 g/mol. The Kier molecular flexibility index (Phi) is 9.83. The molecule has 1 amide bonds. The maximum absolute atomic E-state index is 11.2. The lowest BCUT2D eigenvalue weighted by Gasteiger charge is -2.36. The smallest absolute Gasteiger partial charge is 0.234 e. The summed E-state index contributed by atoms with van der Waals surface area (Å²) in [7, 11) is 0. The summed E-state index contributed by atoms with van der Waals surface area (Å²) in [5.41, 5.74) is 10.2. The standard InChI is InChI=1S/C33H40ClN5O2/c1-25(33(35)40)36-23-26-10-12-29(13-11-26)41-21-3-2-15-37-17-19-38(20-18-37)31-8-5-9-32-30(31)14-16-39(32)24-27-6-4-7-28(34)22-27/h4-14,16,22,25,36H,2-3,15,17-21,23-24H2,1H3,(H2,35,40)/t25-/m0/s1. The molecular formula is C33H40ClN5O2. The first-order valence-corrected chi connectivity index (χ1v) is 14.9. The molecule has 3 aromatic carbocycles. The highest BCUT2D eigenvalue weighted by atomic mass is 35.5. The highest BCUT2D eigenvalue weighted by molar-refractivity contribution is 6.30. The van der Waals surface area contributed by atoms with Crippen LogP contribution >= 0.6 is 11.6 Å². The van der Waals surface area contributed by atoms with Gasteiger partial charge in [0.05, 0.1) is 18.2 Å². The number of hydrogen-bond acceptors (Lipinski definition) is 5. The molecule has 0 unspecified atom stereocenters. The third kappa shape index (κ3) is 7.82. The number of hydrogen-bond donors (Lipinski definition) is 2. The molecule has 0 radical (unpaired) electrons. The molecule has 1 aliphatic rings. The molecule has 1 aromatic heterocycles. The third-order valence-electron chi connectivity index (χ3n) is 7.85. The number of amides is 1. The van der Waals surface area contributed by atoms with Gasteiger partial charge in [-0.15, -0.1) is 0 Å². The molecule has 3 N–H and O–H groups in total. The van der Waals surface area contributed by atoms with Gasteiger partial charge in [0.1, 0.15) is 5.75 Å². The predicted molar refractivity (Wildman–Crippen MR) is 168 cm³/mol. The number of primary amides is 1. The molecule has 1 aliphatic heterocycles. The molecule has 41 heavy (non-hydrogen) atoms. The molecule has 0 aliphatic carbocycles. The van der Waals surface area contributed by atoms with Crippen LogP contribution in [0.15, 0.2) is 79.0 Å². The Hall–Kier alpha value is -3.52. The van der Waals surface area contributed by atoms with E-state index in [4.69, 9.17) is 22.1 Å². The Morgan fingerprint density at radius 2 is 1.76 bits per heavy atom. The lowest BCUT2D eigenvalue weighted by atomic mass is 10.1. The zero-order valence-electron chi connectivity index (χ0n) is 23.8. The Labute approximate surface area is 247 Å². The van der Waals surface area contributed by atoms with Crippen LogP contribution in [0.4, 0.5) is 5.69 Å². The molecule has 216 valence electrons. The first-order valence-electron chi connectivity index (χ1n) is 14.5. The topological polar surface area (TPSA) is 75.8 Å². The van der Waals surface area contributed by atoms with Crippen molar-refractivity contribution >= 4 is 34.1 Å². The number of fused-ring (bicyclic) bond motifs is 1. The number of halogens is 1. The van der Waals surface area contributed by atoms with Crippen LogP contribution in [0.3, 0.4) is 0 Å². The Bertz CT molecular complexity index is 1430. The molecule has 1 atom stereocenters. The van der Waals surface area contributed by atoms with E-state index in [1.165, 1.54) is 22.2 Å². The summed E-state index contributed by atoms with van der Waals surface area (Å²) in [5, 5.41) is 5.20. The SMILES string of the molecule is C[C@H](NCc1ccc(OCCCCN2CCN(c3cccc4c3ccn4Cc3cccc(Cl)c3)CC2)cc1)C(N)=O. The van der Waals surface area contributed by atoms with Crippen molar-refractivity contribution in [2.24, 2.45) is 5.73 Å². The fourth-order valence-corrected chi connectivity index (χ4v) is 5.58. The van der Waals surface area contributed by atoms with E-state index in [9.17, 15) is 4.79 Å². The molecule has 0 spiro atoms. The number of nitrogens with two attached hydrogens (primary N) is 1. The normalized spacial score (nSPS) is 14.8. The van der Waals surface area contributed by atoms with Gasteiger partial charge in [0.15, 0.2) is 0 Å². The number of carbonyl (C=O) groups is 1. The summed E-state index contributed by atoms with van der Waals surface area (Å²) < 4.78 is 8.25. The monoisotopic (exact) mass is 573 g/mol. The van der Waals surface area contributed by atoms with Gasteiger partial charge in [-0.05, 0) is 79.9 Å². The van der Waals surface area contributed by atoms with Crippen molar-refractivity contribution in [2.45, 2.75) is 38.9 Å². The maximum Gasteiger partial charge on any atom is 0.234 e. The second-order valence-electron chi connectivity index (χ2n) is 10.8. The van der Waals surface area contributed by atoms with Crippen LogP contribution in [-0.2, 0) is 17.9 Å². The minimum atomic E-state index is -0.346. The fraction of sp³-hybridized carbons (Fsp3) is 0.364. The van der Waals surface area contributed by atoms with Crippen LogP contribution in [0.1, 0.15) is 30.9 Å². The zero-order chi connectivity index (χ0) is 28.6. The number of aromatic nitrogens is 1. The van der Waals surface area contributed by atoms with Gasteiger partial charge < -0.3 is 25.3 Å². The maximum atomic E-state index is 11.2. The van der Waals surface area contributed by atoms with E-state index < -0.39 is 0 Å². The number of nitrogens with one attached hydrogen (secondary N) is 1. The molecule has 7 nitrogen and oxygen atoms in total. The van der Waals surface area contributed by atoms with Gasteiger partial charge in [-0.2, -0.15) is 0 Å². The van der Waals surface area contributed by atoms with Crippen LogP contribution in [0.5, 0.6) is 5.75 Å². The molecule has 4 aromatic rings. The minimum absolute atomic E-state index is 0.345. The van der Waals surface area contributed by atoms with E-state index in [1.54, 1.807) is 6.92 Å². The largest absolute Gasteiger partial charge is 0.494 e. The van der Waals surface area contributed by atoms with Gasteiger partial charge in [-0.1, -0.05) is 41.9 Å². The molecule has 5 rings (SSSR count). The van der Waals surface area contributed by atoms with Crippen molar-refractivity contribution in [3.63, 3.8) is 0 Å². The van der Waals surface area contributed by atoms with Crippen molar-refractivity contribution in [1.29, 1.82) is 0 Å². The zero-order valence-corrected chi connectivity index (χ0v) is 24.5. The average Bonchev–Trinajstić information content (AvgIpc) is 3.39. The van der Waals surface area contributed by atoms with E-state index in [2.05, 4.69) is 56.2 Å². The van der Waals surface area contributed by atoms with Gasteiger partial charge in [-0.3, -0.25) is 9.69 Å². The second-order valence-corrected chi connectivity index (χ2v) is 11.3. The predicted octanol–water partition coefficient (Wildman–Crippen LogP) is 5.29. The van der Waals surface area contributed by atoms with Crippen LogP contribution in [0, 0.1) is 0 Å². The van der Waals surface area contributed by atoms with Gasteiger partial charge in [0.25, 0.3) is 0 Å². The fourth-order valence-electron chi connectivity index (χ4n) is 5.37. The lowest BCUT2D eigenvalue weighted by Crippen LogP contribution is -2.46. The number of ether oxygens (including phenoxy) is 1. The summed E-state index contributed by atoms with van der Waals surface area (Å²) in [6.07, 6.45) is 4.33. The molecule has 1 fully saturated rings. The highest BCUT2D eigenvalue weighted by Gasteiger charge is 2.19. The van der Waals surface area contributed by atoms with Crippen molar-refractivity contribution in [3.05, 3.63) is 95.1 Å². The van der Waals surface area contributed by atoms with E-state index in [1.807, 2.05) is 42.5 Å². The van der Waals surface area contributed by atoms with Crippen molar-refractivity contribution in [3.8, 4) is 5.75 Å². The summed E-state index contributed by atoms with van der Waals surface area (Å²) in [6, 6.07) is 24.6. The quantitative estimate of drug-likeness (QED) is 0.213. The molecule has 0 saturated carbocycles. The number of anilines is 1.